The van der Waals surface area contributed by atoms with Gasteiger partial charge < -0.3 is 21.7 Å². The van der Waals surface area contributed by atoms with Gasteiger partial charge in [-0.1, -0.05) is 11.6 Å². The number of halogens is 1. The van der Waals surface area contributed by atoms with Gasteiger partial charge in [0.1, 0.15) is 10.9 Å². The summed E-state index contributed by atoms with van der Waals surface area (Å²) in [5.74, 6) is 1.27. The molecule has 0 amide bonds. The Kier molecular flexibility index (Phi) is 6.22. The van der Waals surface area contributed by atoms with Gasteiger partial charge in [0, 0.05) is 18.8 Å². The van der Waals surface area contributed by atoms with Crippen molar-refractivity contribution in [1.82, 2.24) is 15.3 Å². The number of nitrogens with two attached hydrogens (primary N) is 2. The van der Waals surface area contributed by atoms with Crippen LogP contribution in [0, 0.1) is 5.41 Å². The van der Waals surface area contributed by atoms with E-state index in [0.717, 1.165) is 13.1 Å². The number of rotatable bonds is 4. The number of allylic oxidation sites excluding steroid dienone is 1. The van der Waals surface area contributed by atoms with Crippen molar-refractivity contribution < 1.29 is 0 Å². The van der Waals surface area contributed by atoms with Crippen LogP contribution in [-0.4, -0.2) is 42.0 Å². The molecule has 2 fully saturated rings. The van der Waals surface area contributed by atoms with Gasteiger partial charge in [0.2, 0.25) is 5.95 Å². The van der Waals surface area contributed by atoms with E-state index in [1.165, 1.54) is 38.5 Å². The predicted octanol–water partition coefficient (Wildman–Crippen LogP) is 2.73. The molecule has 3 rings (SSSR count). The normalized spacial score (nSPS) is 21.4. The van der Waals surface area contributed by atoms with Crippen LogP contribution < -0.4 is 21.7 Å². The number of hydrogen-bond acceptors (Lipinski definition) is 6. The van der Waals surface area contributed by atoms with E-state index in [0.29, 0.717) is 33.9 Å². The Labute approximate surface area is 166 Å². The first-order valence-electron chi connectivity index (χ1n) is 9.63. The summed E-state index contributed by atoms with van der Waals surface area (Å²) in [6.07, 6.45) is 10.6. The molecule has 2 aliphatic rings. The highest BCUT2D eigenvalue weighted by atomic mass is 35.5. The number of piperidine rings is 1. The van der Waals surface area contributed by atoms with Crippen molar-refractivity contribution in [1.29, 1.82) is 0 Å². The van der Waals surface area contributed by atoms with Crippen LogP contribution in [0.3, 0.4) is 0 Å². The van der Waals surface area contributed by atoms with Crippen molar-refractivity contribution >= 4 is 29.2 Å². The van der Waals surface area contributed by atoms with Crippen LogP contribution in [-0.2, 0) is 0 Å². The molecule has 1 saturated carbocycles. The van der Waals surface area contributed by atoms with E-state index in [1.54, 1.807) is 19.2 Å². The standard InChI is InChI=1S/C19H30ClN7/c1-13(21)11-16(22)25-17-15(20)12-24-18(26-17)27(2)14-3-5-19(6-4-14)7-9-23-10-8-19/h11-12,14,23H,3-10,21H2,1-2H3,(H2,22,24,25,26)/b13-11-. The van der Waals surface area contributed by atoms with Gasteiger partial charge in [0.05, 0.1) is 6.20 Å². The minimum atomic E-state index is 0.273. The van der Waals surface area contributed by atoms with Crippen LogP contribution in [0.2, 0.25) is 5.02 Å². The lowest BCUT2D eigenvalue weighted by Gasteiger charge is -2.45. The summed E-state index contributed by atoms with van der Waals surface area (Å²) >= 11 is 6.20. The third kappa shape index (κ3) is 4.90. The fourth-order valence-corrected chi connectivity index (χ4v) is 4.34. The first-order valence-corrected chi connectivity index (χ1v) is 10.0. The molecular formula is C19H30ClN7. The Morgan fingerprint density at radius 3 is 2.59 bits per heavy atom. The van der Waals surface area contributed by atoms with Crippen molar-refractivity contribution in [2.45, 2.75) is 51.5 Å². The van der Waals surface area contributed by atoms with Crippen molar-refractivity contribution in [3.63, 3.8) is 0 Å². The molecule has 1 aliphatic heterocycles. The minimum Gasteiger partial charge on any atom is -0.402 e. The summed E-state index contributed by atoms with van der Waals surface area (Å²) in [5.41, 5.74) is 12.6. The van der Waals surface area contributed by atoms with E-state index in [2.05, 4.69) is 32.2 Å². The zero-order valence-corrected chi connectivity index (χ0v) is 17.0. The van der Waals surface area contributed by atoms with Crippen LogP contribution in [0.15, 0.2) is 23.0 Å². The molecule has 1 aliphatic carbocycles. The lowest BCUT2D eigenvalue weighted by atomic mass is 9.67. The number of hydrogen-bond donors (Lipinski definition) is 3. The topological polar surface area (TPSA) is 105 Å². The fourth-order valence-electron chi connectivity index (χ4n) is 4.21. The average molecular weight is 392 g/mol. The van der Waals surface area contributed by atoms with Gasteiger partial charge in [-0.15, -0.1) is 0 Å². The van der Waals surface area contributed by atoms with Gasteiger partial charge >= 0.3 is 0 Å². The minimum absolute atomic E-state index is 0.273. The van der Waals surface area contributed by atoms with E-state index in [4.69, 9.17) is 23.1 Å². The highest BCUT2D eigenvalue weighted by Gasteiger charge is 2.37. The molecule has 1 aromatic rings. The molecule has 0 bridgehead atoms. The second kappa shape index (κ2) is 8.44. The number of anilines is 1. The molecule has 0 atom stereocenters. The van der Waals surface area contributed by atoms with E-state index in [9.17, 15) is 0 Å². The van der Waals surface area contributed by atoms with Crippen molar-refractivity contribution in [2.75, 3.05) is 25.0 Å². The molecule has 0 radical (unpaired) electrons. The van der Waals surface area contributed by atoms with Crippen LogP contribution in [0.5, 0.6) is 0 Å². The molecule has 1 saturated heterocycles. The molecule has 7 nitrogen and oxygen atoms in total. The third-order valence-electron chi connectivity index (χ3n) is 5.87. The quantitative estimate of drug-likeness (QED) is 0.538. The monoisotopic (exact) mass is 391 g/mol. The van der Waals surface area contributed by atoms with Crippen molar-refractivity contribution in [3.8, 4) is 0 Å². The molecule has 1 spiro atoms. The van der Waals surface area contributed by atoms with Gasteiger partial charge in [-0.25, -0.2) is 9.98 Å². The molecule has 0 aromatic carbocycles. The maximum absolute atomic E-state index is 6.20. The maximum Gasteiger partial charge on any atom is 0.227 e. The molecule has 8 heteroatoms. The SMILES string of the molecule is C/C(N)=C/C(N)=Nc1nc(N(C)C2CCC3(CCNCC3)CC2)ncc1Cl. The van der Waals surface area contributed by atoms with Crippen LogP contribution >= 0.6 is 11.6 Å². The van der Waals surface area contributed by atoms with Crippen LogP contribution in [0.4, 0.5) is 11.8 Å². The predicted molar refractivity (Wildman–Crippen MR) is 111 cm³/mol. The molecule has 1 aromatic heterocycles. The van der Waals surface area contributed by atoms with Gasteiger partial charge in [0.15, 0.2) is 5.82 Å². The van der Waals surface area contributed by atoms with Crippen molar-refractivity contribution in [2.24, 2.45) is 21.9 Å². The lowest BCUT2D eigenvalue weighted by molar-refractivity contribution is 0.123. The van der Waals surface area contributed by atoms with Gasteiger partial charge in [-0.05, 0) is 70.0 Å². The zero-order chi connectivity index (χ0) is 19.4. The summed E-state index contributed by atoms with van der Waals surface area (Å²) in [5, 5.41) is 3.85. The number of aromatic nitrogens is 2. The highest BCUT2D eigenvalue weighted by molar-refractivity contribution is 6.32. The number of nitrogens with one attached hydrogen (secondary N) is 1. The summed E-state index contributed by atoms with van der Waals surface area (Å²) in [7, 11) is 2.05. The zero-order valence-electron chi connectivity index (χ0n) is 16.2. The van der Waals surface area contributed by atoms with Gasteiger partial charge in [-0.2, -0.15) is 4.98 Å². The molecule has 0 unspecified atom stereocenters. The van der Waals surface area contributed by atoms with Crippen LogP contribution in [0.1, 0.15) is 45.4 Å². The molecule has 148 valence electrons. The van der Waals surface area contributed by atoms with E-state index in [1.807, 2.05) is 0 Å². The highest BCUT2D eigenvalue weighted by Crippen LogP contribution is 2.44. The summed E-state index contributed by atoms with van der Waals surface area (Å²) in [6, 6.07) is 0.437. The van der Waals surface area contributed by atoms with Crippen molar-refractivity contribution in [3.05, 3.63) is 23.0 Å². The lowest BCUT2D eigenvalue weighted by Crippen LogP contribution is -2.44. The Bertz CT molecular complexity index is 711. The Hall–Kier alpha value is -1.86. The van der Waals surface area contributed by atoms with E-state index >= 15 is 0 Å². The summed E-state index contributed by atoms with van der Waals surface area (Å²) < 4.78 is 0. The number of amidine groups is 1. The number of aliphatic imine (C=N–C) groups is 1. The van der Waals surface area contributed by atoms with E-state index in [-0.39, 0.29) is 5.84 Å². The summed E-state index contributed by atoms with van der Waals surface area (Å²) in [6.45, 7) is 4.06. The Balaban J connectivity index is 1.71. The summed E-state index contributed by atoms with van der Waals surface area (Å²) in [4.78, 5) is 15.4. The molecule has 5 N–H and O–H groups in total. The van der Waals surface area contributed by atoms with E-state index < -0.39 is 0 Å². The third-order valence-corrected chi connectivity index (χ3v) is 6.13. The smallest absolute Gasteiger partial charge is 0.227 e. The number of nitrogens with zero attached hydrogens (tertiary/aromatic N) is 4. The fraction of sp³-hybridized carbons (Fsp3) is 0.632. The maximum atomic E-state index is 6.20. The largest absolute Gasteiger partial charge is 0.402 e. The van der Waals surface area contributed by atoms with Gasteiger partial charge in [0.25, 0.3) is 0 Å². The first kappa shape index (κ1) is 19.9. The Morgan fingerprint density at radius 2 is 1.96 bits per heavy atom. The Morgan fingerprint density at radius 1 is 1.30 bits per heavy atom. The second-order valence-electron chi connectivity index (χ2n) is 7.86. The molecular weight excluding hydrogens is 362 g/mol. The first-order chi connectivity index (χ1) is 12.9. The molecule has 27 heavy (non-hydrogen) atoms. The second-order valence-corrected chi connectivity index (χ2v) is 8.27. The average Bonchev–Trinajstić information content (AvgIpc) is 2.64. The van der Waals surface area contributed by atoms with Gasteiger partial charge in [-0.3, -0.25) is 0 Å². The van der Waals surface area contributed by atoms with Crippen LogP contribution in [0.25, 0.3) is 0 Å². The molecule has 2 heterocycles.